The van der Waals surface area contributed by atoms with Gasteiger partial charge in [-0.3, -0.25) is 0 Å². The highest BCUT2D eigenvalue weighted by atomic mass is 16.5. The second kappa shape index (κ2) is 8.03. The second-order valence-corrected chi connectivity index (χ2v) is 6.94. The van der Waals surface area contributed by atoms with Gasteiger partial charge in [-0.1, -0.05) is 0 Å². The van der Waals surface area contributed by atoms with Gasteiger partial charge in [-0.15, -0.1) is 0 Å². The highest BCUT2D eigenvalue weighted by Gasteiger charge is 2.27. The van der Waals surface area contributed by atoms with E-state index in [9.17, 15) is 5.26 Å². The Hall–Kier alpha value is -1.84. The van der Waals surface area contributed by atoms with Crippen molar-refractivity contribution >= 4 is 11.5 Å². The molecular formula is C19H28N4O2. The molecular weight excluding hydrogens is 316 g/mol. The maximum Gasteiger partial charge on any atom is 0.148 e. The summed E-state index contributed by atoms with van der Waals surface area (Å²) in [5, 5.41) is 9.86. The highest BCUT2D eigenvalue weighted by molar-refractivity contribution is 5.70. The van der Waals surface area contributed by atoms with Gasteiger partial charge < -0.3 is 19.3 Å². The Morgan fingerprint density at radius 1 is 1.00 bits per heavy atom. The van der Waals surface area contributed by atoms with Gasteiger partial charge in [-0.25, -0.2) is 4.98 Å². The molecule has 0 N–H and O–H groups in total. The minimum absolute atomic E-state index is 0.319. The molecule has 6 heteroatoms. The Balaban J connectivity index is 1.85. The molecule has 0 bridgehead atoms. The topological polar surface area (TPSA) is 61.6 Å². The van der Waals surface area contributed by atoms with Crippen LogP contribution in [0.2, 0.25) is 0 Å². The van der Waals surface area contributed by atoms with Gasteiger partial charge in [0.1, 0.15) is 17.5 Å². The van der Waals surface area contributed by atoms with Crippen molar-refractivity contribution in [3.63, 3.8) is 0 Å². The zero-order valence-corrected chi connectivity index (χ0v) is 15.5. The van der Waals surface area contributed by atoms with Crippen molar-refractivity contribution in [3.8, 4) is 6.07 Å². The van der Waals surface area contributed by atoms with E-state index in [0.717, 1.165) is 69.1 Å². The van der Waals surface area contributed by atoms with Crippen molar-refractivity contribution in [1.82, 2.24) is 4.98 Å². The molecule has 0 aliphatic carbocycles. The summed E-state index contributed by atoms with van der Waals surface area (Å²) in [5.74, 6) is 0.834. The van der Waals surface area contributed by atoms with Gasteiger partial charge in [-0.2, -0.15) is 5.26 Å². The summed E-state index contributed by atoms with van der Waals surface area (Å²) in [6.45, 7) is 5.62. The maximum absolute atomic E-state index is 9.86. The van der Waals surface area contributed by atoms with Crippen LogP contribution in [0.15, 0.2) is 6.07 Å². The van der Waals surface area contributed by atoms with E-state index in [1.165, 1.54) is 0 Å². The van der Waals surface area contributed by atoms with Crippen LogP contribution in [0.1, 0.15) is 36.9 Å². The average molecular weight is 344 g/mol. The molecule has 0 aromatic carbocycles. The van der Waals surface area contributed by atoms with Gasteiger partial charge in [0, 0.05) is 46.1 Å². The summed E-state index contributed by atoms with van der Waals surface area (Å²) < 4.78 is 10.9. The molecule has 0 unspecified atom stereocenters. The lowest BCUT2D eigenvalue weighted by Crippen LogP contribution is -2.39. The number of piperidine rings is 2. The normalized spacial score (nSPS) is 19.9. The van der Waals surface area contributed by atoms with Crippen LogP contribution in [0.4, 0.5) is 11.5 Å². The number of aromatic nitrogens is 1. The van der Waals surface area contributed by atoms with E-state index in [-0.39, 0.29) is 0 Å². The minimum atomic E-state index is 0.319. The third-order valence-corrected chi connectivity index (χ3v) is 5.41. The molecule has 2 aliphatic heterocycles. The van der Waals surface area contributed by atoms with E-state index in [0.29, 0.717) is 17.8 Å². The predicted molar refractivity (Wildman–Crippen MR) is 98.2 cm³/mol. The van der Waals surface area contributed by atoms with Crippen LogP contribution in [0.25, 0.3) is 0 Å². The Morgan fingerprint density at radius 3 is 2.00 bits per heavy atom. The Morgan fingerprint density at radius 2 is 1.52 bits per heavy atom. The van der Waals surface area contributed by atoms with Crippen molar-refractivity contribution in [1.29, 1.82) is 5.26 Å². The van der Waals surface area contributed by atoms with Crippen LogP contribution in [-0.4, -0.2) is 57.6 Å². The number of nitrogens with zero attached hydrogens (tertiary/aromatic N) is 4. The molecule has 0 atom stereocenters. The quantitative estimate of drug-likeness (QED) is 0.836. The number of methoxy groups -OCH3 is 2. The number of hydrogen-bond acceptors (Lipinski definition) is 6. The molecule has 136 valence electrons. The summed E-state index contributed by atoms with van der Waals surface area (Å²) in [5.41, 5.74) is 2.69. The van der Waals surface area contributed by atoms with Crippen molar-refractivity contribution < 1.29 is 9.47 Å². The average Bonchev–Trinajstić information content (AvgIpc) is 2.67. The Bertz CT molecular complexity index is 582. The molecule has 0 spiro atoms. The molecule has 0 amide bonds. The number of aryl methyl sites for hydroxylation is 1. The third-order valence-electron chi connectivity index (χ3n) is 5.41. The Kier molecular flexibility index (Phi) is 5.77. The lowest BCUT2D eigenvalue weighted by molar-refractivity contribution is 0.0817. The molecule has 3 rings (SSSR count). The number of pyridine rings is 1. The van der Waals surface area contributed by atoms with E-state index in [4.69, 9.17) is 14.5 Å². The maximum atomic E-state index is 9.86. The standard InChI is InChI=1S/C19H28N4O2/c1-14-12-18(22-8-4-15(24-2)5-9-22)17(13-20)19(21-14)23-10-6-16(25-3)7-11-23/h12,15-16H,4-11H2,1-3H3. The highest BCUT2D eigenvalue weighted by Crippen LogP contribution is 2.32. The van der Waals surface area contributed by atoms with Gasteiger partial charge in [0.25, 0.3) is 0 Å². The van der Waals surface area contributed by atoms with Crippen molar-refractivity contribution in [2.24, 2.45) is 0 Å². The van der Waals surface area contributed by atoms with E-state index < -0.39 is 0 Å². The number of nitriles is 1. The number of rotatable bonds is 4. The summed E-state index contributed by atoms with van der Waals surface area (Å²) >= 11 is 0. The first-order chi connectivity index (χ1) is 12.2. The summed E-state index contributed by atoms with van der Waals surface area (Å²) in [6, 6.07) is 4.48. The third kappa shape index (κ3) is 3.88. The van der Waals surface area contributed by atoms with Crippen molar-refractivity contribution in [3.05, 3.63) is 17.3 Å². The first-order valence-corrected chi connectivity index (χ1v) is 9.13. The summed E-state index contributed by atoms with van der Waals surface area (Å²) in [7, 11) is 3.55. The van der Waals surface area contributed by atoms with E-state index in [1.807, 2.05) is 6.92 Å². The summed E-state index contributed by atoms with van der Waals surface area (Å²) in [6.07, 6.45) is 4.60. The molecule has 0 radical (unpaired) electrons. The van der Waals surface area contributed by atoms with Gasteiger partial charge in [0.05, 0.1) is 17.9 Å². The fraction of sp³-hybridized carbons (Fsp3) is 0.684. The molecule has 25 heavy (non-hydrogen) atoms. The predicted octanol–water partition coefficient (Wildman–Crippen LogP) is 2.49. The largest absolute Gasteiger partial charge is 0.381 e. The lowest BCUT2D eigenvalue weighted by atomic mass is 10.0. The smallest absolute Gasteiger partial charge is 0.148 e. The van der Waals surface area contributed by atoms with E-state index in [2.05, 4.69) is 21.9 Å². The lowest BCUT2D eigenvalue weighted by Gasteiger charge is -2.36. The van der Waals surface area contributed by atoms with Crippen LogP contribution in [0.5, 0.6) is 0 Å². The fourth-order valence-corrected chi connectivity index (χ4v) is 3.86. The van der Waals surface area contributed by atoms with Crippen LogP contribution in [0, 0.1) is 18.3 Å². The van der Waals surface area contributed by atoms with Gasteiger partial charge in [0.15, 0.2) is 0 Å². The molecule has 0 saturated carbocycles. The number of anilines is 2. The first-order valence-electron chi connectivity index (χ1n) is 9.13. The number of ether oxygens (including phenoxy) is 2. The Labute approximate surface area is 150 Å². The van der Waals surface area contributed by atoms with Crippen LogP contribution < -0.4 is 9.80 Å². The molecule has 1 aromatic heterocycles. The molecule has 3 heterocycles. The van der Waals surface area contributed by atoms with Crippen LogP contribution in [0.3, 0.4) is 0 Å². The molecule has 2 saturated heterocycles. The SMILES string of the molecule is COC1CCN(c2cc(C)nc(N3CCC(OC)CC3)c2C#N)CC1. The molecule has 1 aromatic rings. The minimum Gasteiger partial charge on any atom is -0.381 e. The van der Waals surface area contributed by atoms with E-state index >= 15 is 0 Å². The van der Waals surface area contributed by atoms with E-state index in [1.54, 1.807) is 14.2 Å². The molecule has 2 fully saturated rings. The zero-order valence-electron chi connectivity index (χ0n) is 15.5. The monoisotopic (exact) mass is 344 g/mol. The van der Waals surface area contributed by atoms with Crippen LogP contribution in [-0.2, 0) is 9.47 Å². The summed E-state index contributed by atoms with van der Waals surface area (Å²) in [4.78, 5) is 9.27. The zero-order chi connectivity index (χ0) is 17.8. The van der Waals surface area contributed by atoms with Gasteiger partial charge in [0.2, 0.25) is 0 Å². The van der Waals surface area contributed by atoms with Gasteiger partial charge in [-0.05, 0) is 38.7 Å². The van der Waals surface area contributed by atoms with Crippen molar-refractivity contribution in [2.45, 2.75) is 44.8 Å². The van der Waals surface area contributed by atoms with Crippen LogP contribution >= 0.6 is 0 Å². The molecule has 6 nitrogen and oxygen atoms in total. The first kappa shape index (κ1) is 18.0. The molecule has 2 aliphatic rings. The fourth-order valence-electron chi connectivity index (χ4n) is 3.86. The second-order valence-electron chi connectivity index (χ2n) is 6.94. The number of hydrogen-bond donors (Lipinski definition) is 0. The van der Waals surface area contributed by atoms with Crippen molar-refractivity contribution in [2.75, 3.05) is 50.2 Å². The van der Waals surface area contributed by atoms with Gasteiger partial charge >= 0.3 is 0 Å².